The Morgan fingerprint density at radius 1 is 1.11 bits per heavy atom. The van der Waals surface area contributed by atoms with Crippen LogP contribution in [0.3, 0.4) is 0 Å². The standard InChI is InChI=1S/C21H22N2O4/c24-18-4-2-16(3-5-18)17-7-9-23(10-8-17)13-21(25)22-12-15-1-6-19-20(11-15)27-14-26-19/h1-7,11,24H,8-10,12-14H2,(H,22,25). The molecule has 0 bridgehead atoms. The van der Waals surface area contributed by atoms with Crippen LogP contribution in [0.4, 0.5) is 0 Å². The van der Waals surface area contributed by atoms with Crippen molar-refractivity contribution < 1.29 is 19.4 Å². The zero-order valence-corrected chi connectivity index (χ0v) is 15.0. The smallest absolute Gasteiger partial charge is 0.234 e. The Kier molecular flexibility index (Phi) is 4.98. The number of phenols is 1. The van der Waals surface area contributed by atoms with E-state index in [0.29, 0.717) is 13.1 Å². The van der Waals surface area contributed by atoms with Crippen molar-refractivity contribution in [3.8, 4) is 17.2 Å². The molecular weight excluding hydrogens is 344 g/mol. The van der Waals surface area contributed by atoms with Gasteiger partial charge in [0.05, 0.1) is 6.54 Å². The number of rotatable bonds is 5. The first-order chi connectivity index (χ1) is 13.2. The Labute approximate surface area is 158 Å². The van der Waals surface area contributed by atoms with Crippen LogP contribution in [0.15, 0.2) is 48.5 Å². The number of carbonyl (C=O) groups excluding carboxylic acids is 1. The second-order valence-electron chi connectivity index (χ2n) is 6.73. The van der Waals surface area contributed by atoms with Gasteiger partial charge in [-0.3, -0.25) is 9.69 Å². The normalized spacial score (nSPS) is 16.1. The highest BCUT2D eigenvalue weighted by Crippen LogP contribution is 2.32. The van der Waals surface area contributed by atoms with E-state index >= 15 is 0 Å². The predicted molar refractivity (Wildman–Crippen MR) is 102 cm³/mol. The fourth-order valence-corrected chi connectivity index (χ4v) is 3.30. The largest absolute Gasteiger partial charge is 0.508 e. The maximum absolute atomic E-state index is 12.3. The van der Waals surface area contributed by atoms with Crippen molar-refractivity contribution in [1.82, 2.24) is 10.2 Å². The second-order valence-corrected chi connectivity index (χ2v) is 6.73. The molecule has 1 amide bonds. The summed E-state index contributed by atoms with van der Waals surface area (Å²) in [5.41, 5.74) is 3.37. The van der Waals surface area contributed by atoms with Crippen LogP contribution in [0.2, 0.25) is 0 Å². The van der Waals surface area contributed by atoms with Gasteiger partial charge in [0.1, 0.15) is 5.75 Å². The molecular formula is C21H22N2O4. The zero-order valence-electron chi connectivity index (χ0n) is 15.0. The molecule has 140 valence electrons. The lowest BCUT2D eigenvalue weighted by Crippen LogP contribution is -2.39. The quantitative estimate of drug-likeness (QED) is 0.851. The summed E-state index contributed by atoms with van der Waals surface area (Å²) in [5.74, 6) is 1.75. The molecule has 0 spiro atoms. The molecule has 27 heavy (non-hydrogen) atoms. The summed E-state index contributed by atoms with van der Waals surface area (Å²) < 4.78 is 10.6. The molecule has 2 aromatic carbocycles. The van der Waals surface area contributed by atoms with E-state index in [1.807, 2.05) is 30.3 Å². The molecule has 0 fully saturated rings. The molecule has 0 aromatic heterocycles. The zero-order chi connectivity index (χ0) is 18.6. The number of benzene rings is 2. The summed E-state index contributed by atoms with van der Waals surface area (Å²) in [6.45, 7) is 2.68. The Morgan fingerprint density at radius 2 is 1.93 bits per heavy atom. The van der Waals surface area contributed by atoms with Crippen LogP contribution in [-0.4, -0.2) is 42.3 Å². The summed E-state index contributed by atoms with van der Waals surface area (Å²) in [6, 6.07) is 12.9. The van der Waals surface area contributed by atoms with Crippen molar-refractivity contribution in [1.29, 1.82) is 0 Å². The molecule has 4 rings (SSSR count). The van der Waals surface area contributed by atoms with E-state index in [9.17, 15) is 9.90 Å². The third kappa shape index (κ3) is 4.23. The maximum Gasteiger partial charge on any atom is 0.234 e. The van der Waals surface area contributed by atoms with Gasteiger partial charge in [0, 0.05) is 19.6 Å². The van der Waals surface area contributed by atoms with Gasteiger partial charge in [-0.1, -0.05) is 24.3 Å². The molecule has 0 radical (unpaired) electrons. The van der Waals surface area contributed by atoms with E-state index in [4.69, 9.17) is 9.47 Å². The number of nitrogens with one attached hydrogen (secondary N) is 1. The van der Waals surface area contributed by atoms with Crippen LogP contribution in [0.25, 0.3) is 5.57 Å². The first-order valence-corrected chi connectivity index (χ1v) is 9.03. The molecule has 0 aliphatic carbocycles. The molecule has 2 aliphatic heterocycles. The van der Waals surface area contributed by atoms with Gasteiger partial charge in [-0.2, -0.15) is 0 Å². The number of nitrogens with zero attached hydrogens (tertiary/aromatic N) is 1. The Balaban J connectivity index is 1.26. The monoisotopic (exact) mass is 366 g/mol. The lowest BCUT2D eigenvalue weighted by molar-refractivity contribution is -0.122. The third-order valence-electron chi connectivity index (χ3n) is 4.83. The van der Waals surface area contributed by atoms with E-state index in [1.165, 1.54) is 5.57 Å². The molecule has 0 saturated heterocycles. The lowest BCUT2D eigenvalue weighted by Gasteiger charge is -2.26. The van der Waals surface area contributed by atoms with Crippen molar-refractivity contribution in [3.63, 3.8) is 0 Å². The number of aromatic hydroxyl groups is 1. The summed E-state index contributed by atoms with van der Waals surface area (Å²) in [6.07, 6.45) is 3.04. The van der Waals surface area contributed by atoms with Crippen molar-refractivity contribution in [3.05, 3.63) is 59.7 Å². The number of carbonyl (C=O) groups is 1. The number of amides is 1. The van der Waals surface area contributed by atoms with Gasteiger partial charge < -0.3 is 19.9 Å². The molecule has 2 aromatic rings. The summed E-state index contributed by atoms with van der Waals surface area (Å²) >= 11 is 0. The topological polar surface area (TPSA) is 71.0 Å². The van der Waals surface area contributed by atoms with Crippen molar-refractivity contribution in [2.24, 2.45) is 0 Å². The van der Waals surface area contributed by atoms with Crippen molar-refractivity contribution >= 4 is 11.5 Å². The van der Waals surface area contributed by atoms with Crippen molar-refractivity contribution in [2.45, 2.75) is 13.0 Å². The molecule has 0 atom stereocenters. The molecule has 6 heteroatoms. The van der Waals surface area contributed by atoms with E-state index < -0.39 is 0 Å². The Morgan fingerprint density at radius 3 is 2.70 bits per heavy atom. The maximum atomic E-state index is 12.3. The first kappa shape index (κ1) is 17.4. The van der Waals surface area contributed by atoms with Crippen molar-refractivity contribution in [2.75, 3.05) is 26.4 Å². The summed E-state index contributed by atoms with van der Waals surface area (Å²) in [5, 5.41) is 12.4. The minimum atomic E-state index is 0.00847. The lowest BCUT2D eigenvalue weighted by atomic mass is 9.99. The third-order valence-corrected chi connectivity index (χ3v) is 4.83. The SMILES string of the molecule is O=C(CN1CC=C(c2ccc(O)cc2)CC1)NCc1ccc2c(c1)OCO2. The predicted octanol–water partition coefficient (Wildman–Crippen LogP) is 2.53. The number of phenolic OH excluding ortho intramolecular Hbond substituents is 1. The van der Waals surface area contributed by atoms with Gasteiger partial charge in [0.15, 0.2) is 11.5 Å². The first-order valence-electron chi connectivity index (χ1n) is 9.03. The van der Waals surface area contributed by atoms with Crippen LogP contribution in [0.1, 0.15) is 17.5 Å². The Hall–Kier alpha value is -2.99. The van der Waals surface area contributed by atoms with Gasteiger partial charge in [-0.15, -0.1) is 0 Å². The average molecular weight is 366 g/mol. The summed E-state index contributed by atoms with van der Waals surface area (Å²) in [7, 11) is 0. The highest BCUT2D eigenvalue weighted by atomic mass is 16.7. The fraction of sp³-hybridized carbons (Fsp3) is 0.286. The minimum absolute atomic E-state index is 0.00847. The van der Waals surface area contributed by atoms with Gasteiger partial charge in [-0.25, -0.2) is 0 Å². The minimum Gasteiger partial charge on any atom is -0.508 e. The molecule has 0 unspecified atom stereocenters. The molecule has 6 nitrogen and oxygen atoms in total. The van der Waals surface area contributed by atoms with Crippen LogP contribution < -0.4 is 14.8 Å². The van der Waals surface area contributed by atoms with E-state index in [2.05, 4.69) is 16.3 Å². The highest BCUT2D eigenvalue weighted by molar-refractivity contribution is 5.78. The van der Waals surface area contributed by atoms with Gasteiger partial charge in [0.2, 0.25) is 12.7 Å². The second kappa shape index (κ2) is 7.72. The van der Waals surface area contributed by atoms with E-state index in [1.54, 1.807) is 12.1 Å². The molecule has 2 aliphatic rings. The number of fused-ring (bicyclic) bond motifs is 1. The van der Waals surface area contributed by atoms with Crippen LogP contribution in [0, 0.1) is 0 Å². The van der Waals surface area contributed by atoms with E-state index in [-0.39, 0.29) is 18.4 Å². The van der Waals surface area contributed by atoms with Gasteiger partial charge >= 0.3 is 0 Å². The average Bonchev–Trinajstić information content (AvgIpc) is 3.15. The highest BCUT2D eigenvalue weighted by Gasteiger charge is 2.17. The number of ether oxygens (including phenoxy) is 2. The number of hydrogen-bond acceptors (Lipinski definition) is 5. The summed E-state index contributed by atoms with van der Waals surface area (Å²) in [4.78, 5) is 14.4. The molecule has 2 N–H and O–H groups in total. The van der Waals surface area contributed by atoms with Crippen LogP contribution in [-0.2, 0) is 11.3 Å². The fourth-order valence-electron chi connectivity index (χ4n) is 3.30. The number of hydrogen-bond donors (Lipinski definition) is 2. The molecule has 2 heterocycles. The van der Waals surface area contributed by atoms with E-state index in [0.717, 1.165) is 42.1 Å². The Bertz CT molecular complexity index is 861. The van der Waals surface area contributed by atoms with Crippen LogP contribution >= 0.6 is 0 Å². The van der Waals surface area contributed by atoms with Gasteiger partial charge in [-0.05, 0) is 47.4 Å². The van der Waals surface area contributed by atoms with Gasteiger partial charge in [0.25, 0.3) is 0 Å². The molecule has 0 saturated carbocycles. The van der Waals surface area contributed by atoms with Crippen LogP contribution in [0.5, 0.6) is 17.2 Å².